The molecule has 0 unspecified atom stereocenters. The topological polar surface area (TPSA) is 139 Å². The molecule has 0 heterocycles. The number of aliphatic carboxylic acids is 1. The number of carboxylic acids is 1. The van der Waals surface area contributed by atoms with Crippen LogP contribution in [-0.4, -0.2) is 52.9 Å². The maximum atomic E-state index is 13.2. The number of rotatable bonds is 6. The van der Waals surface area contributed by atoms with Crippen molar-refractivity contribution in [2.24, 2.45) is 5.73 Å². The second kappa shape index (κ2) is 13.4. The zero-order chi connectivity index (χ0) is 31.3. The summed E-state index contributed by atoms with van der Waals surface area (Å²) in [4.78, 5) is 47.8. The third kappa shape index (κ3) is 7.79. The predicted molar refractivity (Wildman–Crippen MR) is 154 cm³/mol. The molecule has 0 aromatic heterocycles. The number of nitrogens with one attached hydrogen (secondary N) is 2. The van der Waals surface area contributed by atoms with Gasteiger partial charge in [0.15, 0.2) is 11.6 Å². The fraction of sp³-hybridized carbons (Fsp3) is 0.290. The minimum atomic E-state index is -5.08. The van der Waals surface area contributed by atoms with E-state index in [4.69, 9.17) is 27.2 Å². The molecule has 0 aliphatic heterocycles. The van der Waals surface area contributed by atoms with E-state index in [-0.39, 0.29) is 29.6 Å². The van der Waals surface area contributed by atoms with Crippen LogP contribution in [0, 0.1) is 0 Å². The van der Waals surface area contributed by atoms with Crippen LogP contribution in [0.1, 0.15) is 63.1 Å². The lowest BCUT2D eigenvalue weighted by Gasteiger charge is -2.32. The Kier molecular flexibility index (Phi) is 9.87. The van der Waals surface area contributed by atoms with Gasteiger partial charge in [-0.3, -0.25) is 14.4 Å². The molecule has 226 valence electrons. The largest absolute Gasteiger partial charge is 0.490 e. The van der Waals surface area contributed by atoms with Gasteiger partial charge in [0, 0.05) is 39.5 Å². The number of benzene rings is 3. The quantitative estimate of drug-likeness (QED) is 0.235. The molecule has 43 heavy (non-hydrogen) atoms. The van der Waals surface area contributed by atoms with Crippen LogP contribution in [0.2, 0.25) is 5.02 Å². The highest BCUT2D eigenvalue weighted by atomic mass is 35.5. The summed E-state index contributed by atoms with van der Waals surface area (Å²) in [5.41, 5.74) is 9.60. The van der Waals surface area contributed by atoms with E-state index in [2.05, 4.69) is 10.6 Å². The maximum absolute atomic E-state index is 13.2. The highest BCUT2D eigenvalue weighted by molar-refractivity contribution is 6.30. The van der Waals surface area contributed by atoms with Gasteiger partial charge in [-0.2, -0.15) is 13.2 Å². The second-order valence-electron chi connectivity index (χ2n) is 10.4. The van der Waals surface area contributed by atoms with E-state index in [1.807, 2.05) is 24.3 Å². The standard InChI is InChI=1S/C29H28ClN3O3.C2HF3O2/c30-18-10-8-17(9-11-18)16-24(31)29(36)33-20-14-12-19(13-15-20)32-25-7-3-6-23-26(25)28(35)22-5-2-1-4-21(22)27(23)34;3-2(4,5)1(6)7/h1-11,19-20,24,32H,12-16,31H2,(H,33,36);(H,6,7)/t19?,20?,24-;/m0./s1. The molecular weight excluding hydrogens is 587 g/mol. The number of carbonyl (C=O) groups excluding carboxylic acids is 3. The molecule has 2 aliphatic carbocycles. The Morgan fingerprint density at radius 1 is 0.860 bits per heavy atom. The molecule has 3 aromatic carbocycles. The van der Waals surface area contributed by atoms with Crippen molar-refractivity contribution >= 4 is 40.7 Å². The molecule has 5 N–H and O–H groups in total. The van der Waals surface area contributed by atoms with Crippen molar-refractivity contribution in [2.45, 2.75) is 56.4 Å². The molecule has 0 saturated heterocycles. The van der Waals surface area contributed by atoms with Crippen LogP contribution in [0.15, 0.2) is 66.7 Å². The number of alkyl halides is 3. The third-order valence-corrected chi connectivity index (χ3v) is 7.59. The van der Waals surface area contributed by atoms with Gasteiger partial charge < -0.3 is 21.5 Å². The van der Waals surface area contributed by atoms with Crippen molar-refractivity contribution in [3.05, 3.63) is 99.6 Å². The first kappa shape index (κ1) is 31.7. The average Bonchev–Trinajstić information content (AvgIpc) is 2.98. The van der Waals surface area contributed by atoms with Crippen molar-refractivity contribution in [3.63, 3.8) is 0 Å². The summed E-state index contributed by atoms with van der Waals surface area (Å²) < 4.78 is 31.7. The fourth-order valence-corrected chi connectivity index (χ4v) is 5.27. The Labute approximate surface area is 250 Å². The van der Waals surface area contributed by atoms with E-state index in [0.717, 1.165) is 31.2 Å². The predicted octanol–water partition coefficient (Wildman–Crippen LogP) is 5.16. The van der Waals surface area contributed by atoms with E-state index in [0.29, 0.717) is 39.4 Å². The van der Waals surface area contributed by atoms with Gasteiger partial charge in [-0.25, -0.2) is 4.79 Å². The monoisotopic (exact) mass is 615 g/mol. The first-order chi connectivity index (χ1) is 20.3. The maximum Gasteiger partial charge on any atom is 0.490 e. The zero-order valence-electron chi connectivity index (χ0n) is 22.8. The SMILES string of the molecule is N[C@@H](Cc1ccc(Cl)cc1)C(=O)NC1CCC(Nc2cccc3c2C(=O)c2ccccc2C3=O)CC1.O=C(O)C(F)(F)F. The van der Waals surface area contributed by atoms with Gasteiger partial charge in [0.05, 0.1) is 11.6 Å². The number of hydrogen-bond donors (Lipinski definition) is 4. The van der Waals surface area contributed by atoms with E-state index in [9.17, 15) is 27.6 Å². The highest BCUT2D eigenvalue weighted by Crippen LogP contribution is 2.33. The van der Waals surface area contributed by atoms with E-state index >= 15 is 0 Å². The molecule has 1 atom stereocenters. The van der Waals surface area contributed by atoms with Crippen LogP contribution in [0.25, 0.3) is 0 Å². The van der Waals surface area contributed by atoms with Crippen LogP contribution in [0.4, 0.5) is 18.9 Å². The van der Waals surface area contributed by atoms with Crippen LogP contribution < -0.4 is 16.4 Å². The van der Waals surface area contributed by atoms with Gasteiger partial charge >= 0.3 is 12.1 Å². The van der Waals surface area contributed by atoms with Gasteiger partial charge in [0.1, 0.15) is 0 Å². The van der Waals surface area contributed by atoms with Crippen molar-refractivity contribution in [1.29, 1.82) is 0 Å². The Morgan fingerprint density at radius 2 is 1.40 bits per heavy atom. The van der Waals surface area contributed by atoms with Gasteiger partial charge in [0.2, 0.25) is 5.91 Å². The fourth-order valence-electron chi connectivity index (χ4n) is 5.14. The van der Waals surface area contributed by atoms with Crippen LogP contribution >= 0.6 is 11.6 Å². The molecule has 1 saturated carbocycles. The Hall–Kier alpha value is -4.22. The first-order valence-electron chi connectivity index (χ1n) is 13.5. The Morgan fingerprint density at radius 3 is 1.98 bits per heavy atom. The molecule has 1 fully saturated rings. The molecule has 0 radical (unpaired) electrons. The summed E-state index contributed by atoms with van der Waals surface area (Å²) in [6, 6.07) is 19.3. The lowest BCUT2D eigenvalue weighted by atomic mass is 9.83. The summed E-state index contributed by atoms with van der Waals surface area (Å²) in [5, 5.41) is 14.4. The molecule has 8 nitrogen and oxygen atoms in total. The summed E-state index contributed by atoms with van der Waals surface area (Å²) in [6.45, 7) is 0. The van der Waals surface area contributed by atoms with E-state index < -0.39 is 18.2 Å². The molecule has 12 heteroatoms. The molecule has 3 aromatic rings. The Balaban J connectivity index is 0.000000541. The summed E-state index contributed by atoms with van der Waals surface area (Å²) in [7, 11) is 0. The normalized spacial score (nSPS) is 18.3. The van der Waals surface area contributed by atoms with Crippen molar-refractivity contribution in [3.8, 4) is 0 Å². The lowest BCUT2D eigenvalue weighted by molar-refractivity contribution is -0.192. The summed E-state index contributed by atoms with van der Waals surface area (Å²) in [5.74, 6) is -3.15. The number of fused-ring (bicyclic) bond motifs is 2. The van der Waals surface area contributed by atoms with Crippen molar-refractivity contribution in [2.75, 3.05) is 5.32 Å². The van der Waals surface area contributed by atoms with Gasteiger partial charge in [-0.15, -0.1) is 0 Å². The van der Waals surface area contributed by atoms with E-state index in [1.165, 1.54) is 0 Å². The zero-order valence-corrected chi connectivity index (χ0v) is 23.5. The molecule has 1 amide bonds. The number of hydrogen-bond acceptors (Lipinski definition) is 6. The number of nitrogens with two attached hydrogens (primary N) is 1. The molecule has 2 aliphatic rings. The average molecular weight is 616 g/mol. The summed E-state index contributed by atoms with van der Waals surface area (Å²) in [6.07, 6.45) is -1.35. The van der Waals surface area contributed by atoms with Gasteiger partial charge in [-0.1, -0.05) is 60.1 Å². The van der Waals surface area contributed by atoms with E-state index in [1.54, 1.807) is 42.5 Å². The third-order valence-electron chi connectivity index (χ3n) is 7.33. The number of halogens is 4. The lowest BCUT2D eigenvalue weighted by Crippen LogP contribution is -2.48. The molecule has 0 bridgehead atoms. The van der Waals surface area contributed by atoms with Crippen LogP contribution in [-0.2, 0) is 16.0 Å². The summed E-state index contributed by atoms with van der Waals surface area (Å²) >= 11 is 5.92. The number of amides is 1. The number of carbonyl (C=O) groups is 4. The van der Waals surface area contributed by atoms with Crippen LogP contribution in [0.3, 0.4) is 0 Å². The van der Waals surface area contributed by atoms with Crippen molar-refractivity contribution < 1.29 is 37.5 Å². The smallest absolute Gasteiger partial charge is 0.475 e. The number of carboxylic acid groups (broad SMARTS) is 1. The van der Waals surface area contributed by atoms with Gasteiger partial charge in [0.25, 0.3) is 0 Å². The molecular formula is C31H29ClF3N3O5. The molecule has 5 rings (SSSR count). The highest BCUT2D eigenvalue weighted by Gasteiger charge is 2.38. The van der Waals surface area contributed by atoms with Gasteiger partial charge in [-0.05, 0) is 55.9 Å². The van der Waals surface area contributed by atoms with Crippen molar-refractivity contribution in [1.82, 2.24) is 5.32 Å². The molecule has 0 spiro atoms. The van der Waals surface area contributed by atoms with Crippen LogP contribution in [0.5, 0.6) is 0 Å². The second-order valence-corrected chi connectivity index (χ2v) is 10.8. The minimum Gasteiger partial charge on any atom is -0.475 e. The number of anilines is 1. The minimum absolute atomic E-state index is 0.0617. The number of ketones is 2. The first-order valence-corrected chi connectivity index (χ1v) is 13.9. The Bertz CT molecular complexity index is 1520.